The van der Waals surface area contributed by atoms with E-state index in [0.717, 1.165) is 25.9 Å². The number of hydrogen-bond donors (Lipinski definition) is 2. The molecule has 0 saturated carbocycles. The van der Waals surface area contributed by atoms with Crippen LogP contribution in [-0.2, 0) is 0 Å². The summed E-state index contributed by atoms with van der Waals surface area (Å²) < 4.78 is 0. The van der Waals surface area contributed by atoms with Crippen molar-refractivity contribution in [2.75, 3.05) is 13.1 Å². The van der Waals surface area contributed by atoms with Crippen molar-refractivity contribution in [2.24, 2.45) is 9.98 Å². The second-order valence-electron chi connectivity index (χ2n) is 6.98. The normalized spacial score (nSPS) is 27.2. The van der Waals surface area contributed by atoms with E-state index < -0.39 is 12.5 Å². The summed E-state index contributed by atoms with van der Waals surface area (Å²) in [6, 6.07) is 0. The highest BCUT2D eigenvalue weighted by Gasteiger charge is 2.24. The van der Waals surface area contributed by atoms with E-state index in [4.69, 9.17) is 0 Å². The molecule has 0 bridgehead atoms. The number of nitrogens with zero attached hydrogens (tertiary/aromatic N) is 4. The lowest BCUT2D eigenvalue weighted by atomic mass is 10.1. The van der Waals surface area contributed by atoms with Gasteiger partial charge in [-0.3, -0.25) is 19.8 Å². The van der Waals surface area contributed by atoms with E-state index in [1.165, 1.54) is 38.5 Å². The van der Waals surface area contributed by atoms with E-state index >= 15 is 0 Å². The summed E-state index contributed by atoms with van der Waals surface area (Å²) in [6.07, 6.45) is 12.8. The molecule has 6 heteroatoms. The third-order valence-corrected chi connectivity index (χ3v) is 5.04. The predicted octanol–water partition coefficient (Wildman–Crippen LogP) is 2.21. The second-order valence-corrected chi connectivity index (χ2v) is 6.98. The Bertz CT molecular complexity index is 374. The highest BCUT2D eigenvalue weighted by molar-refractivity contribution is 5.62. The van der Waals surface area contributed by atoms with Gasteiger partial charge in [-0.15, -0.1) is 0 Å². The van der Waals surface area contributed by atoms with Gasteiger partial charge in [0.2, 0.25) is 0 Å². The summed E-state index contributed by atoms with van der Waals surface area (Å²) in [5, 5.41) is 19.4. The molecule has 4 unspecified atom stereocenters. The molecule has 138 valence electrons. The fraction of sp³-hybridized carbons (Fsp3) is 0.889. The van der Waals surface area contributed by atoms with Crippen LogP contribution in [0.4, 0.5) is 0 Å². The van der Waals surface area contributed by atoms with Crippen molar-refractivity contribution in [2.45, 2.75) is 90.0 Å². The topological polar surface area (TPSA) is 71.7 Å². The molecule has 0 amide bonds. The zero-order valence-corrected chi connectivity index (χ0v) is 15.2. The van der Waals surface area contributed by atoms with Gasteiger partial charge in [0.1, 0.15) is 24.8 Å². The van der Waals surface area contributed by atoms with E-state index in [1.807, 2.05) is 36.1 Å². The first-order chi connectivity index (χ1) is 11.6. The molecule has 24 heavy (non-hydrogen) atoms. The van der Waals surface area contributed by atoms with Crippen molar-refractivity contribution in [1.82, 2.24) is 9.80 Å². The summed E-state index contributed by atoms with van der Waals surface area (Å²) in [4.78, 5) is 13.0. The van der Waals surface area contributed by atoms with Gasteiger partial charge in [-0.25, -0.2) is 0 Å². The minimum Gasteiger partial charge on any atom is -0.379 e. The molecule has 0 fully saturated rings. The van der Waals surface area contributed by atoms with Gasteiger partial charge in [0.15, 0.2) is 0 Å². The SMILES string of the molecule is CC(O)N1CC=NC1CCCCCCCCC1N=CCN1C(C)O. The molecule has 0 aliphatic carbocycles. The first kappa shape index (κ1) is 19.5. The molecule has 0 aromatic rings. The van der Waals surface area contributed by atoms with Gasteiger partial charge in [0, 0.05) is 25.5 Å². The molecule has 6 nitrogen and oxygen atoms in total. The van der Waals surface area contributed by atoms with Crippen LogP contribution in [-0.4, -0.2) is 70.3 Å². The van der Waals surface area contributed by atoms with Gasteiger partial charge in [-0.05, 0) is 39.5 Å². The van der Waals surface area contributed by atoms with Crippen molar-refractivity contribution in [3.63, 3.8) is 0 Å². The summed E-state index contributed by atoms with van der Waals surface area (Å²) in [7, 11) is 0. The van der Waals surface area contributed by atoms with Crippen molar-refractivity contribution in [3.8, 4) is 0 Å². The minimum absolute atomic E-state index is 0.177. The molecule has 0 aromatic heterocycles. The third-order valence-electron chi connectivity index (χ3n) is 5.04. The quantitative estimate of drug-likeness (QED) is 0.567. The average molecular weight is 338 g/mol. The molecule has 2 heterocycles. The molecule has 2 rings (SSSR count). The summed E-state index contributed by atoms with van der Waals surface area (Å²) in [6.45, 7) is 5.17. The van der Waals surface area contributed by atoms with Crippen molar-refractivity contribution < 1.29 is 10.2 Å². The Morgan fingerprint density at radius 3 is 1.54 bits per heavy atom. The summed E-state index contributed by atoms with van der Waals surface area (Å²) in [5.74, 6) is 0. The molecule has 0 saturated heterocycles. The van der Waals surface area contributed by atoms with Crippen molar-refractivity contribution in [1.29, 1.82) is 0 Å². The Balaban J connectivity index is 1.46. The largest absolute Gasteiger partial charge is 0.379 e. The number of aliphatic hydroxyl groups excluding tert-OH is 2. The number of hydrogen-bond acceptors (Lipinski definition) is 6. The van der Waals surface area contributed by atoms with Crippen LogP contribution in [0, 0.1) is 0 Å². The molecule has 2 aliphatic rings. The van der Waals surface area contributed by atoms with E-state index in [1.54, 1.807) is 0 Å². The van der Waals surface area contributed by atoms with E-state index in [2.05, 4.69) is 9.98 Å². The van der Waals surface area contributed by atoms with E-state index in [9.17, 15) is 10.2 Å². The van der Waals surface area contributed by atoms with Crippen LogP contribution >= 0.6 is 0 Å². The van der Waals surface area contributed by atoms with Gasteiger partial charge in [0.05, 0.1) is 0 Å². The number of aliphatic imine (C=N–C) groups is 2. The van der Waals surface area contributed by atoms with E-state index in [-0.39, 0.29) is 12.3 Å². The Morgan fingerprint density at radius 1 is 0.792 bits per heavy atom. The Labute approximate surface area is 146 Å². The van der Waals surface area contributed by atoms with Crippen molar-refractivity contribution in [3.05, 3.63) is 0 Å². The van der Waals surface area contributed by atoms with Crippen LogP contribution < -0.4 is 0 Å². The third kappa shape index (κ3) is 5.92. The maximum atomic E-state index is 9.68. The zero-order valence-electron chi connectivity index (χ0n) is 15.2. The highest BCUT2D eigenvalue weighted by Crippen LogP contribution is 2.19. The number of aliphatic hydroxyl groups is 2. The number of rotatable bonds is 11. The van der Waals surface area contributed by atoms with Gasteiger partial charge >= 0.3 is 0 Å². The summed E-state index contributed by atoms with van der Waals surface area (Å²) >= 11 is 0. The average Bonchev–Trinajstić information content (AvgIpc) is 3.18. The van der Waals surface area contributed by atoms with Crippen LogP contribution in [0.1, 0.15) is 65.2 Å². The molecular weight excluding hydrogens is 304 g/mol. The van der Waals surface area contributed by atoms with Gasteiger partial charge in [-0.2, -0.15) is 0 Å². The monoisotopic (exact) mass is 338 g/mol. The van der Waals surface area contributed by atoms with Crippen LogP contribution in [0.5, 0.6) is 0 Å². The molecule has 0 aromatic carbocycles. The van der Waals surface area contributed by atoms with E-state index in [0.29, 0.717) is 0 Å². The zero-order chi connectivity index (χ0) is 17.4. The molecular formula is C18H34N4O2. The first-order valence-electron chi connectivity index (χ1n) is 9.50. The Morgan fingerprint density at radius 2 is 1.17 bits per heavy atom. The van der Waals surface area contributed by atoms with Gasteiger partial charge < -0.3 is 10.2 Å². The maximum Gasteiger partial charge on any atom is 0.106 e. The predicted molar refractivity (Wildman–Crippen MR) is 98.3 cm³/mol. The van der Waals surface area contributed by atoms with Crippen molar-refractivity contribution >= 4 is 12.4 Å². The highest BCUT2D eigenvalue weighted by atomic mass is 16.3. The van der Waals surface area contributed by atoms with Crippen LogP contribution in [0.2, 0.25) is 0 Å². The second kappa shape index (κ2) is 10.2. The minimum atomic E-state index is -0.406. The van der Waals surface area contributed by atoms with Crippen LogP contribution in [0.3, 0.4) is 0 Å². The smallest absolute Gasteiger partial charge is 0.106 e. The van der Waals surface area contributed by atoms with Gasteiger partial charge in [-0.1, -0.05) is 25.7 Å². The fourth-order valence-corrected chi connectivity index (χ4v) is 3.59. The lowest BCUT2D eigenvalue weighted by Crippen LogP contribution is -2.37. The molecule has 2 N–H and O–H groups in total. The lowest BCUT2D eigenvalue weighted by molar-refractivity contribution is 0.00656. The molecule has 0 spiro atoms. The standard InChI is InChI=1S/C18H34N4O2/c1-15(23)21-13-11-19-17(21)9-7-5-3-4-6-8-10-18-20-12-14-22(18)16(2)24/h11-12,15-18,23-24H,3-10,13-14H2,1-2H3. The molecule has 4 atom stereocenters. The molecule has 2 aliphatic heterocycles. The summed E-state index contributed by atoms with van der Waals surface area (Å²) in [5.41, 5.74) is 0. The Hall–Kier alpha value is -0.820. The van der Waals surface area contributed by atoms with Crippen LogP contribution in [0.15, 0.2) is 9.98 Å². The van der Waals surface area contributed by atoms with Crippen LogP contribution in [0.25, 0.3) is 0 Å². The van der Waals surface area contributed by atoms with Gasteiger partial charge in [0.25, 0.3) is 0 Å². The lowest BCUT2D eigenvalue weighted by Gasteiger charge is -2.25. The maximum absolute atomic E-state index is 9.68. The number of unbranched alkanes of at least 4 members (excludes halogenated alkanes) is 5. The Kier molecular flexibility index (Phi) is 8.32. The molecule has 0 radical (unpaired) electrons. The fourth-order valence-electron chi connectivity index (χ4n) is 3.59. The first-order valence-corrected chi connectivity index (χ1v) is 9.50.